The van der Waals surface area contributed by atoms with Crippen molar-refractivity contribution in [2.75, 3.05) is 39.3 Å². The fraction of sp³-hybridized carbons (Fsp3) is 0.560. The Balaban J connectivity index is 1.60. The van der Waals surface area contributed by atoms with Crippen molar-refractivity contribution in [3.63, 3.8) is 0 Å². The predicted octanol–water partition coefficient (Wildman–Crippen LogP) is 3.28. The number of hydrogen-bond acceptors (Lipinski definition) is 5. The summed E-state index contributed by atoms with van der Waals surface area (Å²) in [7, 11) is 0. The Bertz CT molecular complexity index is 818. The minimum atomic E-state index is -0.727. The van der Waals surface area contributed by atoms with Gasteiger partial charge in [0.1, 0.15) is 18.5 Å². The third-order valence-electron chi connectivity index (χ3n) is 5.87. The standard InChI is InChI=1S/C25H36FN3O3/c1-2-6-25(31)32-20-24(30)19-28(16-15-27-12-3-4-13-27)18-23-7-5-14-29(23)17-21-8-10-22(26)11-9-21/h5,7-11,14,24,30H,2-4,6,12-13,15-20H2,1H3/t24-/m1/s1. The highest BCUT2D eigenvalue weighted by atomic mass is 19.1. The summed E-state index contributed by atoms with van der Waals surface area (Å²) >= 11 is 0. The molecule has 0 bridgehead atoms. The number of ether oxygens (including phenoxy) is 1. The van der Waals surface area contributed by atoms with E-state index in [-0.39, 0.29) is 18.4 Å². The zero-order valence-electron chi connectivity index (χ0n) is 19.1. The number of aliphatic hydroxyl groups excluding tert-OH is 1. The van der Waals surface area contributed by atoms with Gasteiger partial charge < -0.3 is 19.3 Å². The summed E-state index contributed by atoms with van der Waals surface area (Å²) < 4.78 is 20.6. The number of halogens is 1. The van der Waals surface area contributed by atoms with Crippen LogP contribution in [-0.2, 0) is 22.6 Å². The highest BCUT2D eigenvalue weighted by Gasteiger charge is 2.18. The normalized spacial score (nSPS) is 15.4. The Morgan fingerprint density at radius 3 is 2.69 bits per heavy atom. The molecule has 1 aromatic carbocycles. The molecule has 0 saturated carbocycles. The first kappa shape index (κ1) is 24.4. The molecule has 3 rings (SSSR count). The Morgan fingerprint density at radius 1 is 1.22 bits per heavy atom. The average Bonchev–Trinajstić information content (AvgIpc) is 3.45. The number of rotatable bonds is 13. The van der Waals surface area contributed by atoms with Gasteiger partial charge in [0.2, 0.25) is 0 Å². The number of carbonyl (C=O) groups excluding carboxylic acids is 1. The van der Waals surface area contributed by atoms with E-state index >= 15 is 0 Å². The Kier molecular flexibility index (Phi) is 9.71. The molecule has 1 aromatic heterocycles. The second-order valence-corrected chi connectivity index (χ2v) is 8.62. The van der Waals surface area contributed by atoms with Gasteiger partial charge in [-0.15, -0.1) is 0 Å². The van der Waals surface area contributed by atoms with E-state index in [0.29, 0.717) is 26.1 Å². The van der Waals surface area contributed by atoms with Crippen LogP contribution in [0.2, 0.25) is 0 Å². The van der Waals surface area contributed by atoms with Crippen LogP contribution in [0.4, 0.5) is 4.39 Å². The molecule has 0 radical (unpaired) electrons. The fourth-order valence-corrected chi connectivity index (χ4v) is 4.10. The monoisotopic (exact) mass is 445 g/mol. The van der Waals surface area contributed by atoms with E-state index in [2.05, 4.69) is 20.4 Å². The molecular formula is C25H36FN3O3. The molecule has 1 fully saturated rings. The van der Waals surface area contributed by atoms with Crippen molar-refractivity contribution in [1.82, 2.24) is 14.4 Å². The Morgan fingerprint density at radius 2 is 1.97 bits per heavy atom. The van der Waals surface area contributed by atoms with Crippen molar-refractivity contribution in [3.05, 3.63) is 59.7 Å². The van der Waals surface area contributed by atoms with Crippen molar-refractivity contribution >= 4 is 5.97 Å². The zero-order chi connectivity index (χ0) is 22.8. The summed E-state index contributed by atoms with van der Waals surface area (Å²) in [5.41, 5.74) is 2.17. The molecule has 32 heavy (non-hydrogen) atoms. The zero-order valence-corrected chi connectivity index (χ0v) is 19.1. The minimum absolute atomic E-state index is 0.0235. The summed E-state index contributed by atoms with van der Waals surface area (Å²) in [6.07, 6.45) is 4.91. The summed E-state index contributed by atoms with van der Waals surface area (Å²) in [5, 5.41) is 10.5. The fourth-order valence-electron chi connectivity index (χ4n) is 4.10. The van der Waals surface area contributed by atoms with Crippen LogP contribution in [0.3, 0.4) is 0 Å². The lowest BCUT2D eigenvalue weighted by atomic mass is 10.2. The lowest BCUT2D eigenvalue weighted by Crippen LogP contribution is -2.40. The predicted molar refractivity (Wildman–Crippen MR) is 123 cm³/mol. The molecule has 2 heterocycles. The molecule has 1 saturated heterocycles. The second-order valence-electron chi connectivity index (χ2n) is 8.62. The van der Waals surface area contributed by atoms with Crippen LogP contribution in [0.25, 0.3) is 0 Å². The first-order chi connectivity index (χ1) is 15.5. The van der Waals surface area contributed by atoms with E-state index in [9.17, 15) is 14.3 Å². The molecule has 0 spiro atoms. The molecule has 176 valence electrons. The maximum atomic E-state index is 13.2. The van der Waals surface area contributed by atoms with Gasteiger partial charge in [-0.2, -0.15) is 0 Å². The molecule has 1 aliphatic heterocycles. The summed E-state index contributed by atoms with van der Waals surface area (Å²) in [4.78, 5) is 16.3. The SMILES string of the molecule is CCCC(=O)OC[C@H](O)CN(CCN1CCCC1)Cc1cccn1Cc1ccc(F)cc1. The number of aliphatic hydroxyl groups is 1. The first-order valence-corrected chi connectivity index (χ1v) is 11.7. The third-order valence-corrected chi connectivity index (χ3v) is 5.87. The summed E-state index contributed by atoms with van der Waals surface area (Å²) in [6.45, 7) is 7.80. The maximum absolute atomic E-state index is 13.2. The molecule has 7 heteroatoms. The Hall–Kier alpha value is -2.22. The van der Waals surface area contributed by atoms with Crippen LogP contribution in [0.1, 0.15) is 43.9 Å². The topological polar surface area (TPSA) is 57.9 Å². The van der Waals surface area contributed by atoms with Gasteiger partial charge >= 0.3 is 5.97 Å². The maximum Gasteiger partial charge on any atom is 0.305 e. The molecule has 0 aliphatic carbocycles. The number of hydrogen-bond donors (Lipinski definition) is 1. The highest BCUT2D eigenvalue weighted by molar-refractivity contribution is 5.69. The highest BCUT2D eigenvalue weighted by Crippen LogP contribution is 2.13. The van der Waals surface area contributed by atoms with Crippen molar-refractivity contribution < 1.29 is 19.0 Å². The van der Waals surface area contributed by atoms with Gasteiger partial charge in [-0.25, -0.2) is 4.39 Å². The average molecular weight is 446 g/mol. The quantitative estimate of drug-likeness (QED) is 0.480. The number of aromatic nitrogens is 1. The number of esters is 1. The molecule has 1 aliphatic rings. The lowest BCUT2D eigenvalue weighted by molar-refractivity contribution is -0.147. The lowest BCUT2D eigenvalue weighted by Gasteiger charge is -2.27. The van der Waals surface area contributed by atoms with Gasteiger partial charge in [0, 0.05) is 51.0 Å². The van der Waals surface area contributed by atoms with Crippen LogP contribution in [0, 0.1) is 5.82 Å². The first-order valence-electron chi connectivity index (χ1n) is 11.7. The minimum Gasteiger partial charge on any atom is -0.463 e. The number of likely N-dealkylation sites (tertiary alicyclic amines) is 1. The van der Waals surface area contributed by atoms with Crippen molar-refractivity contribution in [2.45, 2.75) is 51.8 Å². The van der Waals surface area contributed by atoms with E-state index in [1.807, 2.05) is 19.2 Å². The molecule has 1 N–H and O–H groups in total. The molecular weight excluding hydrogens is 409 g/mol. The number of nitrogens with zero attached hydrogens (tertiary/aromatic N) is 3. The van der Waals surface area contributed by atoms with E-state index < -0.39 is 6.10 Å². The summed E-state index contributed by atoms with van der Waals surface area (Å²) in [6, 6.07) is 10.7. The van der Waals surface area contributed by atoms with Crippen LogP contribution in [-0.4, -0.2) is 70.9 Å². The van der Waals surface area contributed by atoms with Gasteiger partial charge in [0.25, 0.3) is 0 Å². The van der Waals surface area contributed by atoms with E-state index in [4.69, 9.17) is 4.74 Å². The van der Waals surface area contributed by atoms with E-state index in [0.717, 1.165) is 43.9 Å². The third kappa shape index (κ3) is 8.04. The van der Waals surface area contributed by atoms with Crippen molar-refractivity contribution in [2.24, 2.45) is 0 Å². The van der Waals surface area contributed by atoms with Crippen LogP contribution < -0.4 is 0 Å². The summed E-state index contributed by atoms with van der Waals surface area (Å²) in [5.74, 6) is -0.494. The van der Waals surface area contributed by atoms with Crippen LogP contribution in [0.5, 0.6) is 0 Å². The molecule has 2 aromatic rings. The van der Waals surface area contributed by atoms with Crippen LogP contribution >= 0.6 is 0 Å². The van der Waals surface area contributed by atoms with Gasteiger partial charge in [-0.05, 0) is 62.2 Å². The number of benzene rings is 1. The largest absolute Gasteiger partial charge is 0.463 e. The smallest absolute Gasteiger partial charge is 0.305 e. The molecule has 0 unspecified atom stereocenters. The van der Waals surface area contributed by atoms with Crippen molar-refractivity contribution in [1.29, 1.82) is 0 Å². The number of carbonyl (C=O) groups is 1. The molecule has 6 nitrogen and oxygen atoms in total. The van der Waals surface area contributed by atoms with E-state index in [1.165, 1.54) is 25.0 Å². The molecule has 1 atom stereocenters. The second kappa shape index (κ2) is 12.7. The Labute approximate surface area is 190 Å². The van der Waals surface area contributed by atoms with Gasteiger partial charge in [0.15, 0.2) is 0 Å². The van der Waals surface area contributed by atoms with Gasteiger partial charge in [-0.3, -0.25) is 9.69 Å². The van der Waals surface area contributed by atoms with Gasteiger partial charge in [0.05, 0.1) is 0 Å². The van der Waals surface area contributed by atoms with E-state index in [1.54, 1.807) is 12.1 Å². The molecule has 0 amide bonds. The van der Waals surface area contributed by atoms with Gasteiger partial charge in [-0.1, -0.05) is 19.1 Å². The van der Waals surface area contributed by atoms with Crippen molar-refractivity contribution in [3.8, 4) is 0 Å². The van der Waals surface area contributed by atoms with Crippen LogP contribution in [0.15, 0.2) is 42.6 Å².